The lowest BCUT2D eigenvalue weighted by Crippen LogP contribution is -2.21. The van der Waals surface area contributed by atoms with Crippen LogP contribution in [-0.2, 0) is 6.42 Å². The molecule has 1 N–H and O–H groups in total. The zero-order valence-corrected chi connectivity index (χ0v) is 9.13. The van der Waals surface area contributed by atoms with Crippen molar-refractivity contribution in [1.29, 1.82) is 0 Å². The third-order valence-corrected chi connectivity index (χ3v) is 2.39. The molecule has 0 aliphatic rings. The van der Waals surface area contributed by atoms with E-state index in [1.54, 1.807) is 6.20 Å². The number of pyridine rings is 1. The molecule has 5 heteroatoms. The molecule has 16 heavy (non-hydrogen) atoms. The third-order valence-electron chi connectivity index (χ3n) is 2.39. The van der Waals surface area contributed by atoms with E-state index >= 15 is 0 Å². The summed E-state index contributed by atoms with van der Waals surface area (Å²) in [4.78, 5) is 8.04. The van der Waals surface area contributed by atoms with E-state index < -0.39 is 0 Å². The van der Waals surface area contributed by atoms with Gasteiger partial charge in [-0.3, -0.25) is 4.98 Å². The molecular weight excluding hydrogens is 204 g/mol. The van der Waals surface area contributed by atoms with Crippen LogP contribution in [0.25, 0.3) is 0 Å². The maximum absolute atomic E-state index is 4.66. The Labute approximate surface area is 93.9 Å². The van der Waals surface area contributed by atoms with Gasteiger partial charge in [0, 0.05) is 31.4 Å². The Balaban J connectivity index is 1.78. The Kier molecular flexibility index (Phi) is 3.61. The smallest absolute Gasteiger partial charge is 0.213 e. The Hall–Kier alpha value is -1.75. The number of hydrogen-bond acceptors (Lipinski definition) is 5. The van der Waals surface area contributed by atoms with E-state index in [1.807, 2.05) is 12.3 Å². The van der Waals surface area contributed by atoms with Gasteiger partial charge in [0.25, 0.3) is 0 Å². The Bertz CT molecular complexity index is 401. The van der Waals surface area contributed by atoms with Gasteiger partial charge in [-0.2, -0.15) is 4.98 Å². The van der Waals surface area contributed by atoms with Crippen molar-refractivity contribution < 1.29 is 4.52 Å². The van der Waals surface area contributed by atoms with Gasteiger partial charge in [-0.05, 0) is 18.6 Å². The number of nitrogens with zero attached hydrogens (tertiary/aromatic N) is 3. The zero-order valence-electron chi connectivity index (χ0n) is 9.13. The highest BCUT2D eigenvalue weighted by molar-refractivity contribution is 5.12. The molecule has 1 atom stereocenters. The molecule has 1 unspecified atom stereocenters. The first-order valence-electron chi connectivity index (χ1n) is 5.25. The van der Waals surface area contributed by atoms with Crippen LogP contribution in [0.2, 0.25) is 0 Å². The van der Waals surface area contributed by atoms with Gasteiger partial charge in [0.15, 0.2) is 5.82 Å². The van der Waals surface area contributed by atoms with Crippen LogP contribution in [0.3, 0.4) is 0 Å². The Morgan fingerprint density at radius 1 is 1.50 bits per heavy atom. The Morgan fingerprint density at radius 2 is 2.44 bits per heavy atom. The monoisotopic (exact) mass is 218 g/mol. The molecule has 2 aromatic rings. The van der Waals surface area contributed by atoms with Crippen LogP contribution in [0.5, 0.6) is 0 Å². The summed E-state index contributed by atoms with van der Waals surface area (Å²) in [5.41, 5.74) is 1.18. The van der Waals surface area contributed by atoms with Gasteiger partial charge >= 0.3 is 0 Å². The van der Waals surface area contributed by atoms with E-state index in [9.17, 15) is 0 Å². The molecule has 0 radical (unpaired) electrons. The van der Waals surface area contributed by atoms with Crippen molar-refractivity contribution in [2.24, 2.45) is 0 Å². The minimum Gasteiger partial charge on any atom is -0.343 e. The van der Waals surface area contributed by atoms with Crippen LogP contribution in [-0.4, -0.2) is 21.7 Å². The lowest BCUT2D eigenvalue weighted by Gasteiger charge is -2.12. The van der Waals surface area contributed by atoms with Crippen molar-refractivity contribution in [2.45, 2.75) is 19.4 Å². The van der Waals surface area contributed by atoms with E-state index in [4.69, 9.17) is 0 Å². The molecule has 84 valence electrons. The highest BCUT2D eigenvalue weighted by atomic mass is 16.5. The van der Waals surface area contributed by atoms with Crippen LogP contribution in [0.15, 0.2) is 35.4 Å². The molecule has 2 aromatic heterocycles. The van der Waals surface area contributed by atoms with Crippen LogP contribution in [0.4, 0.5) is 0 Å². The predicted molar refractivity (Wildman–Crippen MR) is 58.7 cm³/mol. The SMILES string of the molecule is CC(NCCc1ncon1)c1cccnc1. The van der Waals surface area contributed by atoms with Gasteiger partial charge in [0.05, 0.1) is 0 Å². The fraction of sp³-hybridized carbons (Fsp3) is 0.364. The second-order valence-electron chi connectivity index (χ2n) is 3.56. The lowest BCUT2D eigenvalue weighted by atomic mass is 10.1. The fourth-order valence-corrected chi connectivity index (χ4v) is 1.45. The van der Waals surface area contributed by atoms with Gasteiger partial charge in [0.2, 0.25) is 6.39 Å². The largest absolute Gasteiger partial charge is 0.343 e. The molecule has 2 rings (SSSR count). The molecule has 0 saturated heterocycles. The van der Waals surface area contributed by atoms with Crippen molar-refractivity contribution in [3.63, 3.8) is 0 Å². The first-order chi connectivity index (χ1) is 7.86. The summed E-state index contributed by atoms with van der Waals surface area (Å²) >= 11 is 0. The zero-order chi connectivity index (χ0) is 11.2. The predicted octanol–water partition coefficient (Wildman–Crippen LogP) is 1.36. The summed E-state index contributed by atoms with van der Waals surface area (Å²) in [7, 11) is 0. The molecule has 0 aliphatic carbocycles. The van der Waals surface area contributed by atoms with Crippen molar-refractivity contribution in [3.8, 4) is 0 Å². The van der Waals surface area contributed by atoms with Crippen molar-refractivity contribution in [3.05, 3.63) is 42.3 Å². The van der Waals surface area contributed by atoms with Gasteiger partial charge in [-0.25, -0.2) is 0 Å². The Morgan fingerprint density at radius 3 is 3.12 bits per heavy atom. The second kappa shape index (κ2) is 5.37. The van der Waals surface area contributed by atoms with Gasteiger partial charge in [-0.15, -0.1) is 0 Å². The number of hydrogen-bond donors (Lipinski definition) is 1. The average Bonchev–Trinajstić information content (AvgIpc) is 2.83. The van der Waals surface area contributed by atoms with Crippen molar-refractivity contribution in [2.75, 3.05) is 6.54 Å². The van der Waals surface area contributed by atoms with E-state index in [1.165, 1.54) is 12.0 Å². The maximum atomic E-state index is 4.66. The summed E-state index contributed by atoms with van der Waals surface area (Å²) in [6, 6.07) is 4.27. The molecule has 0 aromatic carbocycles. The fourth-order valence-electron chi connectivity index (χ4n) is 1.45. The minimum atomic E-state index is 0.278. The summed E-state index contributed by atoms with van der Waals surface area (Å²) in [5.74, 6) is 0.728. The van der Waals surface area contributed by atoms with Crippen molar-refractivity contribution in [1.82, 2.24) is 20.4 Å². The van der Waals surface area contributed by atoms with E-state index in [-0.39, 0.29) is 6.04 Å². The summed E-state index contributed by atoms with van der Waals surface area (Å²) in [6.45, 7) is 2.92. The molecule has 0 amide bonds. The first-order valence-corrected chi connectivity index (χ1v) is 5.25. The van der Waals surface area contributed by atoms with E-state index in [2.05, 4.69) is 38.0 Å². The molecule has 0 saturated carbocycles. The lowest BCUT2D eigenvalue weighted by molar-refractivity contribution is 0.408. The van der Waals surface area contributed by atoms with E-state index in [0.717, 1.165) is 18.8 Å². The summed E-state index contributed by atoms with van der Waals surface area (Å²) in [5, 5.41) is 7.12. The minimum absolute atomic E-state index is 0.278. The maximum Gasteiger partial charge on any atom is 0.213 e. The van der Waals surface area contributed by atoms with Gasteiger partial charge < -0.3 is 9.84 Å². The number of aromatic nitrogens is 3. The standard InChI is InChI=1S/C11H14N4O/c1-9(10-3-2-5-12-7-10)13-6-4-11-14-8-16-15-11/h2-3,5,7-9,13H,4,6H2,1H3. The normalized spacial score (nSPS) is 12.6. The second-order valence-corrected chi connectivity index (χ2v) is 3.56. The van der Waals surface area contributed by atoms with Crippen molar-refractivity contribution >= 4 is 0 Å². The summed E-state index contributed by atoms with van der Waals surface area (Å²) < 4.78 is 4.66. The molecule has 0 aliphatic heterocycles. The van der Waals surface area contributed by atoms with Gasteiger partial charge in [-0.1, -0.05) is 11.2 Å². The molecule has 5 nitrogen and oxygen atoms in total. The summed E-state index contributed by atoms with van der Waals surface area (Å²) in [6.07, 6.45) is 5.75. The third kappa shape index (κ3) is 2.87. The molecular formula is C11H14N4O. The number of nitrogens with one attached hydrogen (secondary N) is 1. The van der Waals surface area contributed by atoms with Crippen LogP contribution in [0.1, 0.15) is 24.4 Å². The van der Waals surface area contributed by atoms with Crippen LogP contribution >= 0.6 is 0 Å². The van der Waals surface area contributed by atoms with E-state index in [0.29, 0.717) is 0 Å². The molecule has 0 fully saturated rings. The van der Waals surface area contributed by atoms with Gasteiger partial charge in [0.1, 0.15) is 0 Å². The highest BCUT2D eigenvalue weighted by Gasteiger charge is 2.04. The average molecular weight is 218 g/mol. The highest BCUT2D eigenvalue weighted by Crippen LogP contribution is 2.09. The molecule has 0 spiro atoms. The van der Waals surface area contributed by atoms with Crippen LogP contribution in [0, 0.1) is 0 Å². The quantitative estimate of drug-likeness (QED) is 0.820. The number of rotatable bonds is 5. The molecule has 2 heterocycles. The topological polar surface area (TPSA) is 63.8 Å². The molecule has 0 bridgehead atoms. The first kappa shape index (κ1) is 10.8. The van der Waals surface area contributed by atoms with Crippen LogP contribution < -0.4 is 5.32 Å².